The van der Waals surface area contributed by atoms with E-state index in [1.165, 1.54) is 11.0 Å². The molecule has 1 aliphatic rings. The number of thiocarbonyl (C=S) groups is 1. The number of para-hydroxylation sites is 1. The Morgan fingerprint density at radius 2 is 1.62 bits per heavy atom. The number of rotatable bonds is 4. The third-order valence-corrected chi connectivity index (χ3v) is 5.05. The highest BCUT2D eigenvalue weighted by molar-refractivity contribution is 7.80. The first-order chi connectivity index (χ1) is 15.6. The molecule has 8 nitrogen and oxygen atoms in total. The molecule has 0 radical (unpaired) electrons. The molecule has 1 N–H and O–H groups in total. The van der Waals surface area contributed by atoms with Crippen molar-refractivity contribution in [2.45, 2.75) is 0 Å². The fourth-order valence-corrected chi connectivity index (χ4v) is 3.52. The van der Waals surface area contributed by atoms with E-state index in [0.717, 1.165) is 0 Å². The number of amides is 2. The van der Waals surface area contributed by atoms with Gasteiger partial charge >= 0.3 is 0 Å². The number of benzene rings is 3. The smallest absolute Gasteiger partial charge is 0.270 e. The second-order valence-corrected chi connectivity index (χ2v) is 7.27. The Balaban J connectivity index is 1.42. The van der Waals surface area contributed by atoms with Crippen molar-refractivity contribution in [3.8, 4) is 11.5 Å². The summed E-state index contributed by atoms with van der Waals surface area (Å²) >= 11 is 5.25. The molecule has 0 spiro atoms. The highest BCUT2D eigenvalue weighted by Crippen LogP contribution is 2.27. The highest BCUT2D eigenvalue weighted by Gasteiger charge is 2.34. The van der Waals surface area contributed by atoms with Crippen LogP contribution >= 0.6 is 12.2 Å². The van der Waals surface area contributed by atoms with Crippen LogP contribution in [0.25, 0.3) is 17.1 Å². The number of anilines is 1. The van der Waals surface area contributed by atoms with Crippen molar-refractivity contribution in [1.29, 1.82) is 0 Å². The van der Waals surface area contributed by atoms with E-state index in [1.54, 1.807) is 42.5 Å². The van der Waals surface area contributed by atoms with Crippen molar-refractivity contribution in [2.75, 3.05) is 4.90 Å². The number of carbonyl (C=O) groups is 2. The lowest BCUT2D eigenvalue weighted by Crippen LogP contribution is -2.54. The molecule has 0 saturated carbocycles. The van der Waals surface area contributed by atoms with Gasteiger partial charge in [-0.05, 0) is 82.7 Å². The zero-order valence-electron chi connectivity index (χ0n) is 16.4. The van der Waals surface area contributed by atoms with Gasteiger partial charge in [0.2, 0.25) is 0 Å². The summed E-state index contributed by atoms with van der Waals surface area (Å²) in [5.74, 6) is 0.193. The number of hydrogen-bond donors (Lipinski definition) is 1. The van der Waals surface area contributed by atoms with Gasteiger partial charge in [0, 0.05) is 0 Å². The molecule has 1 saturated heterocycles. The first-order valence-corrected chi connectivity index (χ1v) is 9.96. The zero-order chi connectivity index (χ0) is 22.1. The van der Waals surface area contributed by atoms with E-state index in [1.807, 2.05) is 30.3 Å². The second-order valence-electron chi connectivity index (χ2n) is 6.88. The molecule has 0 bridgehead atoms. The summed E-state index contributed by atoms with van der Waals surface area (Å²) in [5.41, 5.74) is 2.14. The molecule has 0 atom stereocenters. The molecule has 1 fully saturated rings. The van der Waals surface area contributed by atoms with Crippen molar-refractivity contribution in [3.63, 3.8) is 0 Å². The van der Waals surface area contributed by atoms with Crippen LogP contribution in [0, 0.1) is 0 Å². The largest absolute Gasteiger partial charge is 0.457 e. The Morgan fingerprint density at radius 3 is 2.41 bits per heavy atom. The summed E-state index contributed by atoms with van der Waals surface area (Å²) in [6.07, 6.45) is 1.48. The van der Waals surface area contributed by atoms with Gasteiger partial charge in [0.05, 0.1) is 5.69 Å². The fourth-order valence-electron chi connectivity index (χ4n) is 3.24. The van der Waals surface area contributed by atoms with Crippen LogP contribution in [0.3, 0.4) is 0 Å². The Hall–Kier alpha value is -4.37. The van der Waals surface area contributed by atoms with Crippen molar-refractivity contribution in [2.24, 2.45) is 0 Å². The summed E-state index contributed by atoms with van der Waals surface area (Å²) in [5, 5.41) is 10.1. The lowest BCUT2D eigenvalue weighted by atomic mass is 10.1. The van der Waals surface area contributed by atoms with Crippen LogP contribution in [-0.4, -0.2) is 27.2 Å². The van der Waals surface area contributed by atoms with Crippen LogP contribution in [-0.2, 0) is 9.59 Å². The molecule has 2 amide bonds. The SMILES string of the molecule is O=C1NC(=S)N(c2ccc(Oc3ccccc3)cc2)C(=O)/C1=C\c1ccc2nonc2c1. The maximum atomic E-state index is 13.2. The van der Waals surface area contributed by atoms with Crippen LogP contribution in [0.4, 0.5) is 5.69 Å². The lowest BCUT2D eigenvalue weighted by Gasteiger charge is -2.29. The maximum absolute atomic E-state index is 13.2. The Labute approximate surface area is 187 Å². The van der Waals surface area contributed by atoms with Crippen LogP contribution in [0.2, 0.25) is 0 Å². The zero-order valence-corrected chi connectivity index (χ0v) is 17.2. The fraction of sp³-hybridized carbons (Fsp3) is 0. The summed E-state index contributed by atoms with van der Waals surface area (Å²) in [6.45, 7) is 0. The first kappa shape index (κ1) is 19.6. The number of carbonyl (C=O) groups excluding carboxylic acids is 2. The molecule has 156 valence electrons. The van der Waals surface area contributed by atoms with E-state index in [4.69, 9.17) is 17.0 Å². The Morgan fingerprint density at radius 1 is 0.906 bits per heavy atom. The number of nitrogens with one attached hydrogen (secondary N) is 1. The van der Waals surface area contributed by atoms with Gasteiger partial charge in [0.1, 0.15) is 28.1 Å². The Kier molecular flexibility index (Phi) is 4.92. The van der Waals surface area contributed by atoms with Crippen molar-refractivity contribution < 1.29 is 19.0 Å². The van der Waals surface area contributed by atoms with E-state index in [0.29, 0.717) is 33.8 Å². The molecule has 9 heteroatoms. The highest BCUT2D eigenvalue weighted by atomic mass is 32.1. The summed E-state index contributed by atoms with van der Waals surface area (Å²) in [7, 11) is 0. The monoisotopic (exact) mass is 442 g/mol. The molecule has 32 heavy (non-hydrogen) atoms. The number of hydrogen-bond acceptors (Lipinski definition) is 7. The Bertz CT molecular complexity index is 1380. The predicted octanol–water partition coefficient (Wildman–Crippen LogP) is 3.85. The molecule has 2 heterocycles. The van der Waals surface area contributed by atoms with E-state index < -0.39 is 11.8 Å². The quantitative estimate of drug-likeness (QED) is 0.291. The predicted molar refractivity (Wildman–Crippen MR) is 121 cm³/mol. The van der Waals surface area contributed by atoms with E-state index in [2.05, 4.69) is 20.3 Å². The minimum absolute atomic E-state index is 0.00466. The third kappa shape index (κ3) is 3.72. The van der Waals surface area contributed by atoms with E-state index in [9.17, 15) is 9.59 Å². The van der Waals surface area contributed by atoms with Gasteiger partial charge in [-0.1, -0.05) is 24.3 Å². The molecule has 1 aromatic heterocycles. The standard InChI is InChI=1S/C23H14N4O4S/c28-21-18(12-14-6-11-19-20(13-14)26-31-25-19)22(29)27(23(32)24-21)15-7-9-17(10-8-15)30-16-4-2-1-3-5-16/h1-13H,(H,24,28,32)/b18-12-. The lowest BCUT2D eigenvalue weighted by molar-refractivity contribution is -0.122. The summed E-state index contributed by atoms with van der Waals surface area (Å²) in [4.78, 5) is 26.9. The van der Waals surface area contributed by atoms with E-state index >= 15 is 0 Å². The van der Waals surface area contributed by atoms with Gasteiger partial charge in [-0.2, -0.15) is 0 Å². The third-order valence-electron chi connectivity index (χ3n) is 4.76. The maximum Gasteiger partial charge on any atom is 0.270 e. The average Bonchev–Trinajstić information content (AvgIpc) is 3.26. The number of ether oxygens (including phenoxy) is 1. The van der Waals surface area contributed by atoms with Crippen molar-refractivity contribution >= 4 is 51.9 Å². The molecule has 0 aliphatic carbocycles. The van der Waals surface area contributed by atoms with Crippen LogP contribution in [0.15, 0.2) is 83.0 Å². The number of aromatic nitrogens is 2. The van der Waals surface area contributed by atoms with Gasteiger partial charge in [-0.15, -0.1) is 0 Å². The van der Waals surface area contributed by atoms with Crippen LogP contribution in [0.1, 0.15) is 5.56 Å². The van der Waals surface area contributed by atoms with Gasteiger partial charge in [-0.3, -0.25) is 19.8 Å². The molecular formula is C23H14N4O4S. The first-order valence-electron chi connectivity index (χ1n) is 9.55. The minimum Gasteiger partial charge on any atom is -0.457 e. The number of nitrogens with zero attached hydrogens (tertiary/aromatic N) is 3. The van der Waals surface area contributed by atoms with Gasteiger partial charge in [0.25, 0.3) is 11.8 Å². The normalized spacial score (nSPS) is 15.3. The summed E-state index contributed by atoms with van der Waals surface area (Å²) < 4.78 is 10.5. The molecule has 3 aromatic carbocycles. The molecule has 4 aromatic rings. The molecule has 1 aliphatic heterocycles. The van der Waals surface area contributed by atoms with Crippen LogP contribution < -0.4 is 15.0 Å². The van der Waals surface area contributed by atoms with E-state index in [-0.39, 0.29) is 10.7 Å². The van der Waals surface area contributed by atoms with Gasteiger partial charge < -0.3 is 4.74 Å². The topological polar surface area (TPSA) is 97.6 Å². The summed E-state index contributed by atoms with van der Waals surface area (Å²) in [6, 6.07) is 21.3. The minimum atomic E-state index is -0.571. The van der Waals surface area contributed by atoms with Crippen molar-refractivity contribution in [1.82, 2.24) is 15.6 Å². The van der Waals surface area contributed by atoms with Gasteiger partial charge in [0.15, 0.2) is 5.11 Å². The molecular weight excluding hydrogens is 428 g/mol. The molecule has 5 rings (SSSR count). The second kappa shape index (κ2) is 8.05. The average molecular weight is 442 g/mol. The molecule has 0 unspecified atom stereocenters. The van der Waals surface area contributed by atoms with Crippen LogP contribution in [0.5, 0.6) is 11.5 Å². The van der Waals surface area contributed by atoms with Crippen molar-refractivity contribution in [3.05, 3.63) is 83.9 Å². The van der Waals surface area contributed by atoms with Gasteiger partial charge in [-0.25, -0.2) is 4.63 Å². The number of fused-ring (bicyclic) bond motifs is 1.